The lowest BCUT2D eigenvalue weighted by Gasteiger charge is -2.38. The average molecular weight is 398 g/mol. The number of nitrogens with zero attached hydrogens (tertiary/aromatic N) is 2. The predicted molar refractivity (Wildman–Crippen MR) is 107 cm³/mol. The van der Waals surface area contributed by atoms with Crippen molar-refractivity contribution in [1.82, 2.24) is 14.7 Å². The van der Waals surface area contributed by atoms with E-state index in [9.17, 15) is 4.79 Å². The number of aromatic nitrogens is 2. The van der Waals surface area contributed by atoms with Gasteiger partial charge in [-0.15, -0.1) is 11.3 Å². The Labute approximate surface area is 167 Å². The van der Waals surface area contributed by atoms with Gasteiger partial charge in [0.05, 0.1) is 12.1 Å². The molecule has 0 saturated heterocycles. The molecular weight excluding hydrogens is 374 g/mol. The normalized spacial score (nSPS) is 17.7. The predicted octanol–water partition coefficient (Wildman–Crippen LogP) is 3.69. The molecule has 1 amide bonds. The quantitative estimate of drug-likeness (QED) is 0.713. The van der Waals surface area contributed by atoms with Crippen LogP contribution < -0.4 is 14.8 Å². The number of nitrogens with one attached hydrogen (secondary N) is 1. The van der Waals surface area contributed by atoms with E-state index in [1.165, 1.54) is 24.8 Å². The maximum atomic E-state index is 12.6. The molecule has 6 nitrogen and oxygen atoms in total. The number of hydrogen-bond donors (Lipinski definition) is 1. The molecule has 5 rings (SSSR count). The van der Waals surface area contributed by atoms with Crippen LogP contribution in [0.5, 0.6) is 11.5 Å². The first-order valence-corrected chi connectivity index (χ1v) is 10.7. The summed E-state index contributed by atoms with van der Waals surface area (Å²) in [7, 11) is 0. The fraction of sp³-hybridized carbons (Fsp3) is 0.429. The molecule has 2 aliphatic rings. The maximum absolute atomic E-state index is 12.6. The Hall–Kier alpha value is -2.54. The Kier molecular flexibility index (Phi) is 4.47. The van der Waals surface area contributed by atoms with Crippen molar-refractivity contribution in [3.05, 3.63) is 47.2 Å². The molecule has 3 heterocycles. The number of amides is 1. The standard InChI is InChI=1S/C21H23N3O3S/c25-19(11-16-12-24-8-9-28-20(24)23-16)22-13-21(6-2-1-3-7-21)15-4-5-17-18(10-15)27-14-26-17/h4-5,8-10,12H,1-3,6-7,11,13-14H2,(H,22,25). The molecule has 146 valence electrons. The first kappa shape index (κ1) is 17.6. The molecule has 0 bridgehead atoms. The monoisotopic (exact) mass is 397 g/mol. The number of fused-ring (bicyclic) bond motifs is 2. The summed E-state index contributed by atoms with van der Waals surface area (Å²) in [6, 6.07) is 6.23. The second-order valence-corrected chi connectivity index (χ2v) is 8.56. The number of carbonyl (C=O) groups is 1. The van der Waals surface area contributed by atoms with Gasteiger partial charge < -0.3 is 14.8 Å². The van der Waals surface area contributed by atoms with Crippen LogP contribution in [0.25, 0.3) is 4.96 Å². The van der Waals surface area contributed by atoms with Gasteiger partial charge in [-0.25, -0.2) is 4.98 Å². The molecule has 1 fully saturated rings. The number of rotatable bonds is 5. The Balaban J connectivity index is 1.31. The molecule has 0 radical (unpaired) electrons. The zero-order valence-corrected chi connectivity index (χ0v) is 16.5. The Morgan fingerprint density at radius 2 is 2.07 bits per heavy atom. The topological polar surface area (TPSA) is 64.9 Å². The van der Waals surface area contributed by atoms with Gasteiger partial charge in [-0.3, -0.25) is 9.20 Å². The molecule has 1 aliphatic carbocycles. The smallest absolute Gasteiger partial charge is 0.231 e. The molecular formula is C21H23N3O3S. The van der Waals surface area contributed by atoms with Gasteiger partial charge in [0.2, 0.25) is 12.7 Å². The van der Waals surface area contributed by atoms with Crippen molar-refractivity contribution in [3.63, 3.8) is 0 Å². The second kappa shape index (κ2) is 7.13. The van der Waals surface area contributed by atoms with Crippen molar-refractivity contribution in [2.24, 2.45) is 0 Å². The van der Waals surface area contributed by atoms with Crippen LogP contribution >= 0.6 is 11.3 Å². The van der Waals surface area contributed by atoms with E-state index < -0.39 is 0 Å². The van der Waals surface area contributed by atoms with Crippen LogP contribution in [0, 0.1) is 0 Å². The summed E-state index contributed by atoms with van der Waals surface area (Å²) in [5.74, 6) is 1.64. The lowest BCUT2D eigenvalue weighted by molar-refractivity contribution is -0.120. The van der Waals surface area contributed by atoms with Crippen LogP contribution in [0.1, 0.15) is 43.4 Å². The van der Waals surface area contributed by atoms with Crippen molar-refractivity contribution in [3.8, 4) is 11.5 Å². The zero-order chi connectivity index (χ0) is 19.0. The van der Waals surface area contributed by atoms with Crippen molar-refractivity contribution >= 4 is 22.2 Å². The molecule has 0 spiro atoms. The zero-order valence-electron chi connectivity index (χ0n) is 15.6. The number of benzene rings is 1. The van der Waals surface area contributed by atoms with Crippen LogP contribution in [-0.4, -0.2) is 28.6 Å². The highest BCUT2D eigenvalue weighted by molar-refractivity contribution is 7.15. The first-order valence-electron chi connectivity index (χ1n) is 9.80. The summed E-state index contributed by atoms with van der Waals surface area (Å²) in [5.41, 5.74) is 2.01. The number of hydrogen-bond acceptors (Lipinski definition) is 5. The van der Waals surface area contributed by atoms with E-state index in [1.807, 2.05) is 28.2 Å². The van der Waals surface area contributed by atoms with E-state index in [0.29, 0.717) is 13.0 Å². The fourth-order valence-electron chi connectivity index (χ4n) is 4.38. The van der Waals surface area contributed by atoms with E-state index >= 15 is 0 Å². The second-order valence-electron chi connectivity index (χ2n) is 7.69. The number of ether oxygens (including phenoxy) is 2. The summed E-state index contributed by atoms with van der Waals surface area (Å²) in [6.07, 6.45) is 9.98. The summed E-state index contributed by atoms with van der Waals surface area (Å²) < 4.78 is 13.0. The molecule has 3 aromatic rings. The van der Waals surface area contributed by atoms with Gasteiger partial charge in [0.15, 0.2) is 16.5 Å². The van der Waals surface area contributed by atoms with Gasteiger partial charge in [0, 0.05) is 29.7 Å². The van der Waals surface area contributed by atoms with Crippen LogP contribution in [-0.2, 0) is 16.6 Å². The molecule has 1 saturated carbocycles. The maximum Gasteiger partial charge on any atom is 0.231 e. The SMILES string of the molecule is O=C(Cc1cn2ccsc2n1)NCC1(c2ccc3c(c2)OCO3)CCCCC1. The highest BCUT2D eigenvalue weighted by Crippen LogP contribution is 2.43. The van der Waals surface area contributed by atoms with Gasteiger partial charge in [0.25, 0.3) is 0 Å². The number of imidazole rings is 1. The molecule has 1 N–H and O–H groups in total. The third-order valence-corrected chi connectivity index (χ3v) is 6.68. The Morgan fingerprint density at radius 1 is 1.21 bits per heavy atom. The van der Waals surface area contributed by atoms with Crippen molar-refractivity contribution < 1.29 is 14.3 Å². The minimum atomic E-state index is -0.0383. The molecule has 0 atom stereocenters. The van der Waals surface area contributed by atoms with E-state index in [-0.39, 0.29) is 18.1 Å². The van der Waals surface area contributed by atoms with E-state index in [4.69, 9.17) is 9.47 Å². The average Bonchev–Trinajstić information content (AvgIpc) is 3.42. The Morgan fingerprint density at radius 3 is 2.93 bits per heavy atom. The van der Waals surface area contributed by atoms with Crippen LogP contribution in [0.2, 0.25) is 0 Å². The summed E-state index contributed by atoms with van der Waals surface area (Å²) >= 11 is 1.58. The number of thiazole rings is 1. The lowest BCUT2D eigenvalue weighted by Crippen LogP contribution is -2.42. The molecule has 0 unspecified atom stereocenters. The summed E-state index contributed by atoms with van der Waals surface area (Å²) in [6.45, 7) is 0.929. The van der Waals surface area contributed by atoms with Crippen LogP contribution in [0.4, 0.5) is 0 Å². The van der Waals surface area contributed by atoms with Gasteiger partial charge >= 0.3 is 0 Å². The minimum absolute atomic E-state index is 0.0245. The highest BCUT2D eigenvalue weighted by Gasteiger charge is 2.35. The first-order chi connectivity index (χ1) is 13.7. The molecule has 7 heteroatoms. The van der Waals surface area contributed by atoms with Crippen LogP contribution in [0.15, 0.2) is 36.0 Å². The number of carbonyl (C=O) groups excluding carboxylic acids is 1. The molecule has 2 aromatic heterocycles. The summed E-state index contributed by atoms with van der Waals surface area (Å²) in [4.78, 5) is 18.0. The third kappa shape index (κ3) is 3.24. The van der Waals surface area contributed by atoms with E-state index in [1.54, 1.807) is 11.3 Å². The lowest BCUT2D eigenvalue weighted by atomic mass is 9.69. The van der Waals surface area contributed by atoms with Crippen LogP contribution in [0.3, 0.4) is 0 Å². The van der Waals surface area contributed by atoms with Gasteiger partial charge in [-0.1, -0.05) is 25.3 Å². The van der Waals surface area contributed by atoms with Gasteiger partial charge in [-0.05, 0) is 30.5 Å². The highest BCUT2D eigenvalue weighted by atomic mass is 32.1. The van der Waals surface area contributed by atoms with Crippen molar-refractivity contribution in [1.29, 1.82) is 0 Å². The van der Waals surface area contributed by atoms with E-state index in [0.717, 1.165) is 35.0 Å². The third-order valence-electron chi connectivity index (χ3n) is 5.90. The minimum Gasteiger partial charge on any atom is -0.454 e. The largest absolute Gasteiger partial charge is 0.454 e. The molecule has 28 heavy (non-hydrogen) atoms. The van der Waals surface area contributed by atoms with Gasteiger partial charge in [0.1, 0.15) is 0 Å². The summed E-state index contributed by atoms with van der Waals surface area (Å²) in [5, 5.41) is 5.18. The van der Waals surface area contributed by atoms with Crippen molar-refractivity contribution in [2.45, 2.75) is 43.9 Å². The molecule has 1 aliphatic heterocycles. The fourth-order valence-corrected chi connectivity index (χ4v) is 5.10. The van der Waals surface area contributed by atoms with Crippen molar-refractivity contribution in [2.75, 3.05) is 13.3 Å². The van der Waals surface area contributed by atoms with E-state index in [2.05, 4.69) is 22.4 Å². The van der Waals surface area contributed by atoms with Gasteiger partial charge in [-0.2, -0.15) is 0 Å². The molecule has 1 aromatic carbocycles. The Bertz CT molecular complexity index is 975.